The van der Waals surface area contributed by atoms with Crippen molar-refractivity contribution in [3.05, 3.63) is 63.9 Å². The first-order valence-electron chi connectivity index (χ1n) is 5.95. The molecule has 0 aromatic heterocycles. The highest BCUT2D eigenvalue weighted by Gasteiger charge is 2.13. The van der Waals surface area contributed by atoms with E-state index in [1.165, 1.54) is 18.2 Å². The molecular formula is C15H13ClFNO2. The van der Waals surface area contributed by atoms with Crippen LogP contribution >= 0.6 is 11.6 Å². The van der Waals surface area contributed by atoms with Crippen molar-refractivity contribution < 1.29 is 13.9 Å². The van der Waals surface area contributed by atoms with Gasteiger partial charge in [0.1, 0.15) is 12.4 Å². The molecule has 2 aromatic rings. The number of para-hydroxylation sites is 1. The smallest absolute Gasteiger partial charge is 0.340 e. The molecule has 0 spiro atoms. The molecule has 0 unspecified atom stereocenters. The van der Waals surface area contributed by atoms with Gasteiger partial charge in [-0.3, -0.25) is 0 Å². The summed E-state index contributed by atoms with van der Waals surface area (Å²) in [5.41, 5.74) is 7.87. The first kappa shape index (κ1) is 14.3. The number of hydrogen-bond acceptors (Lipinski definition) is 3. The molecule has 0 amide bonds. The van der Waals surface area contributed by atoms with Gasteiger partial charge in [0.25, 0.3) is 0 Å². The second kappa shape index (κ2) is 5.92. The summed E-state index contributed by atoms with van der Waals surface area (Å²) in [5.74, 6) is -0.973. The van der Waals surface area contributed by atoms with Gasteiger partial charge in [0.15, 0.2) is 0 Å². The average molecular weight is 294 g/mol. The largest absolute Gasteiger partial charge is 0.457 e. The minimum Gasteiger partial charge on any atom is -0.457 e. The molecule has 0 radical (unpaired) electrons. The number of nitrogen functional groups attached to an aromatic ring is 1. The fourth-order valence-electron chi connectivity index (χ4n) is 1.72. The van der Waals surface area contributed by atoms with E-state index in [2.05, 4.69) is 0 Å². The Hall–Kier alpha value is -2.07. The van der Waals surface area contributed by atoms with Gasteiger partial charge in [-0.15, -0.1) is 0 Å². The molecule has 0 heterocycles. The number of ether oxygens (including phenoxy) is 1. The summed E-state index contributed by atoms with van der Waals surface area (Å²) < 4.78 is 18.0. The van der Waals surface area contributed by atoms with Gasteiger partial charge in [-0.1, -0.05) is 29.8 Å². The van der Waals surface area contributed by atoms with Crippen molar-refractivity contribution in [2.45, 2.75) is 13.5 Å². The quantitative estimate of drug-likeness (QED) is 0.693. The van der Waals surface area contributed by atoms with Crippen molar-refractivity contribution in [2.24, 2.45) is 0 Å². The van der Waals surface area contributed by atoms with Crippen LogP contribution < -0.4 is 5.73 Å². The molecule has 2 rings (SSSR count). The highest BCUT2D eigenvalue weighted by atomic mass is 35.5. The Kier molecular flexibility index (Phi) is 4.25. The lowest BCUT2D eigenvalue weighted by atomic mass is 10.1. The molecule has 0 saturated carbocycles. The van der Waals surface area contributed by atoms with Gasteiger partial charge in [-0.05, 0) is 30.7 Å². The second-order valence-electron chi connectivity index (χ2n) is 4.35. The van der Waals surface area contributed by atoms with Gasteiger partial charge in [0, 0.05) is 11.3 Å². The molecule has 0 atom stereocenters. The monoisotopic (exact) mass is 293 g/mol. The second-order valence-corrected chi connectivity index (χ2v) is 4.76. The van der Waals surface area contributed by atoms with Crippen molar-refractivity contribution in [1.82, 2.24) is 0 Å². The Balaban J connectivity index is 2.11. The van der Waals surface area contributed by atoms with E-state index in [0.717, 1.165) is 5.56 Å². The maximum atomic E-state index is 12.9. The number of benzene rings is 2. The van der Waals surface area contributed by atoms with Crippen LogP contribution in [0.25, 0.3) is 0 Å². The average Bonchev–Trinajstić information content (AvgIpc) is 2.40. The highest BCUT2D eigenvalue weighted by molar-refractivity contribution is 6.31. The van der Waals surface area contributed by atoms with E-state index >= 15 is 0 Å². The molecule has 5 heteroatoms. The van der Waals surface area contributed by atoms with Crippen LogP contribution in [0.5, 0.6) is 0 Å². The standard InChI is InChI=1S/C15H13ClFNO2/c1-9-3-2-4-12(14(9)18)15(19)20-8-10-5-6-11(17)7-13(10)16/h2-7H,8,18H2,1H3. The molecule has 0 fully saturated rings. The number of carbonyl (C=O) groups is 1. The van der Waals surface area contributed by atoms with E-state index in [1.54, 1.807) is 12.1 Å². The molecule has 0 aliphatic rings. The summed E-state index contributed by atoms with van der Waals surface area (Å²) >= 11 is 5.86. The molecule has 3 nitrogen and oxygen atoms in total. The van der Waals surface area contributed by atoms with E-state index in [0.29, 0.717) is 16.8 Å². The van der Waals surface area contributed by atoms with E-state index in [-0.39, 0.29) is 11.6 Å². The SMILES string of the molecule is Cc1cccc(C(=O)OCc2ccc(F)cc2Cl)c1N. The molecule has 0 aliphatic heterocycles. The van der Waals surface area contributed by atoms with E-state index in [1.807, 2.05) is 13.0 Å². The number of anilines is 1. The number of esters is 1. The first-order chi connectivity index (χ1) is 9.49. The zero-order valence-electron chi connectivity index (χ0n) is 10.8. The Labute approximate surface area is 121 Å². The van der Waals surface area contributed by atoms with Crippen LogP contribution in [0.4, 0.5) is 10.1 Å². The third-order valence-electron chi connectivity index (χ3n) is 2.92. The summed E-state index contributed by atoms with van der Waals surface area (Å²) in [4.78, 5) is 11.9. The summed E-state index contributed by atoms with van der Waals surface area (Å²) in [5, 5.41) is 0.218. The minimum atomic E-state index is -0.536. The Morgan fingerprint density at radius 2 is 2.10 bits per heavy atom. The van der Waals surface area contributed by atoms with Gasteiger partial charge in [-0.2, -0.15) is 0 Å². The van der Waals surface area contributed by atoms with Crippen LogP contribution in [-0.2, 0) is 11.3 Å². The van der Waals surface area contributed by atoms with Crippen molar-refractivity contribution in [3.8, 4) is 0 Å². The van der Waals surface area contributed by atoms with Crippen LogP contribution in [0.1, 0.15) is 21.5 Å². The molecule has 2 N–H and O–H groups in total. The van der Waals surface area contributed by atoms with E-state index in [9.17, 15) is 9.18 Å². The van der Waals surface area contributed by atoms with Gasteiger partial charge in [-0.25, -0.2) is 9.18 Å². The van der Waals surface area contributed by atoms with Crippen molar-refractivity contribution in [3.63, 3.8) is 0 Å². The summed E-state index contributed by atoms with van der Waals surface area (Å²) in [6.07, 6.45) is 0. The van der Waals surface area contributed by atoms with Crippen LogP contribution in [-0.4, -0.2) is 5.97 Å². The van der Waals surface area contributed by atoms with Crippen molar-refractivity contribution in [1.29, 1.82) is 0 Å². The van der Waals surface area contributed by atoms with Crippen LogP contribution in [0, 0.1) is 12.7 Å². The number of carbonyl (C=O) groups excluding carboxylic acids is 1. The van der Waals surface area contributed by atoms with Crippen molar-refractivity contribution in [2.75, 3.05) is 5.73 Å². The maximum absolute atomic E-state index is 12.9. The fourth-order valence-corrected chi connectivity index (χ4v) is 1.94. The number of aryl methyl sites for hydroxylation is 1. The first-order valence-corrected chi connectivity index (χ1v) is 6.33. The van der Waals surface area contributed by atoms with Crippen LogP contribution in [0.3, 0.4) is 0 Å². The lowest BCUT2D eigenvalue weighted by molar-refractivity contribution is 0.0474. The maximum Gasteiger partial charge on any atom is 0.340 e. The lowest BCUT2D eigenvalue weighted by Crippen LogP contribution is -2.09. The van der Waals surface area contributed by atoms with E-state index in [4.69, 9.17) is 22.1 Å². The zero-order chi connectivity index (χ0) is 14.7. The zero-order valence-corrected chi connectivity index (χ0v) is 11.6. The number of rotatable bonds is 3. The normalized spacial score (nSPS) is 10.3. The molecule has 20 heavy (non-hydrogen) atoms. The predicted molar refractivity (Wildman–Crippen MR) is 76.1 cm³/mol. The fraction of sp³-hybridized carbons (Fsp3) is 0.133. The summed E-state index contributed by atoms with van der Waals surface area (Å²) in [6, 6.07) is 9.04. The van der Waals surface area contributed by atoms with Gasteiger partial charge < -0.3 is 10.5 Å². The highest BCUT2D eigenvalue weighted by Crippen LogP contribution is 2.21. The summed E-state index contributed by atoms with van der Waals surface area (Å²) in [7, 11) is 0. The van der Waals surface area contributed by atoms with Gasteiger partial charge >= 0.3 is 5.97 Å². The molecule has 104 valence electrons. The molecule has 0 saturated heterocycles. The molecule has 0 bridgehead atoms. The lowest BCUT2D eigenvalue weighted by Gasteiger charge is -2.09. The van der Waals surface area contributed by atoms with Crippen LogP contribution in [0.15, 0.2) is 36.4 Å². The van der Waals surface area contributed by atoms with Crippen molar-refractivity contribution >= 4 is 23.3 Å². The number of halogens is 2. The Morgan fingerprint density at radius 3 is 2.80 bits per heavy atom. The van der Waals surface area contributed by atoms with Gasteiger partial charge in [0.2, 0.25) is 0 Å². The third-order valence-corrected chi connectivity index (χ3v) is 3.27. The van der Waals surface area contributed by atoms with E-state index < -0.39 is 11.8 Å². The van der Waals surface area contributed by atoms with Crippen LogP contribution in [0.2, 0.25) is 5.02 Å². The van der Waals surface area contributed by atoms with Gasteiger partial charge in [0.05, 0.1) is 10.6 Å². The number of hydrogen-bond donors (Lipinski definition) is 1. The predicted octanol–water partition coefficient (Wildman–Crippen LogP) is 3.73. The number of nitrogens with two attached hydrogens (primary N) is 1. The Bertz CT molecular complexity index is 658. The minimum absolute atomic E-state index is 0.0364. The molecular weight excluding hydrogens is 281 g/mol. The third kappa shape index (κ3) is 3.08. The molecule has 2 aromatic carbocycles. The summed E-state index contributed by atoms with van der Waals surface area (Å²) in [6.45, 7) is 1.77. The topological polar surface area (TPSA) is 52.3 Å². The molecule has 0 aliphatic carbocycles. The Morgan fingerprint density at radius 1 is 1.35 bits per heavy atom.